The van der Waals surface area contributed by atoms with Crippen molar-refractivity contribution in [2.75, 3.05) is 40.9 Å². The Morgan fingerprint density at radius 1 is 0.449 bits per heavy atom. The number of rotatable bonds is 56. The molecule has 0 spiro atoms. The van der Waals surface area contributed by atoms with Gasteiger partial charge in [-0.2, -0.15) is 0 Å². The number of nitrogens with one attached hydrogen (secondary N) is 1. The monoisotopic (exact) mass is 1110 g/mol. The Labute approximate surface area is 481 Å². The second kappa shape index (κ2) is 56.9. The highest BCUT2D eigenvalue weighted by Crippen LogP contribution is 2.43. The number of hydrogen-bond acceptors (Lipinski definition) is 6. The molecule has 0 aromatic carbocycles. The summed E-state index contributed by atoms with van der Waals surface area (Å²) in [6, 6.07) is -0.879. The van der Waals surface area contributed by atoms with Gasteiger partial charge in [0.2, 0.25) is 5.91 Å². The van der Waals surface area contributed by atoms with Crippen LogP contribution in [0.1, 0.15) is 258 Å². The topological polar surface area (TPSA) is 111 Å². The molecule has 0 aliphatic rings. The first-order valence-electron chi connectivity index (χ1n) is 31.7. The molecule has 0 aliphatic heterocycles. The standard InChI is InChI=1S/C68H119N2O7P/c1-7-10-13-16-19-22-25-28-30-32-34-35-37-38-40-42-45-48-51-54-57-60-67(71)69-65(64-76-78(73,74)75-63-62-70(4,5)6)66(59-56-53-50-47-44-27-24-21-18-15-12-9-3)77-68(72)61-58-55-52-49-46-43-41-39-36-33-31-29-26-23-20-17-14-11-8-2/h19-20,22-23,28-31,34-36,38-40,43,46,56,59,65-66H,7-18,21,24-27,32-33,37,41-42,44-45,47-55,57-58,60-64H2,1-6H3,(H-,69,71,73,74)/p+1/b22-19-,23-20-,30-28-,31-29-,35-34-,39-36-,40-38-,46-43-,59-56+. The van der Waals surface area contributed by atoms with Crippen LogP contribution in [0.2, 0.25) is 0 Å². The van der Waals surface area contributed by atoms with Crippen molar-refractivity contribution in [3.05, 3.63) is 109 Å². The fraction of sp³-hybridized carbons (Fsp3) is 0.706. The number of quaternary nitrogens is 1. The highest BCUT2D eigenvalue weighted by molar-refractivity contribution is 7.47. The van der Waals surface area contributed by atoms with Gasteiger partial charge in [-0.1, -0.05) is 233 Å². The van der Waals surface area contributed by atoms with Crippen molar-refractivity contribution in [3.8, 4) is 0 Å². The average molecular weight is 1110 g/mol. The Morgan fingerprint density at radius 2 is 0.782 bits per heavy atom. The Balaban J connectivity index is 5.35. The van der Waals surface area contributed by atoms with E-state index in [1.807, 2.05) is 33.3 Å². The van der Waals surface area contributed by atoms with Gasteiger partial charge in [0.25, 0.3) is 0 Å². The van der Waals surface area contributed by atoms with Crippen molar-refractivity contribution < 1.29 is 37.3 Å². The summed E-state index contributed by atoms with van der Waals surface area (Å²) in [4.78, 5) is 37.7. The van der Waals surface area contributed by atoms with Crippen LogP contribution in [-0.4, -0.2) is 74.3 Å². The van der Waals surface area contributed by atoms with Gasteiger partial charge in [-0.3, -0.25) is 18.6 Å². The normalized spacial score (nSPS) is 14.4. The molecule has 448 valence electrons. The van der Waals surface area contributed by atoms with E-state index in [4.69, 9.17) is 13.8 Å². The summed E-state index contributed by atoms with van der Waals surface area (Å²) in [6.45, 7) is 6.91. The largest absolute Gasteiger partial charge is 0.472 e. The highest BCUT2D eigenvalue weighted by Gasteiger charge is 2.30. The Kier molecular flexibility index (Phi) is 54.5. The van der Waals surface area contributed by atoms with E-state index in [1.54, 1.807) is 0 Å². The van der Waals surface area contributed by atoms with Crippen LogP contribution in [0.5, 0.6) is 0 Å². The fourth-order valence-electron chi connectivity index (χ4n) is 8.49. The fourth-order valence-corrected chi connectivity index (χ4v) is 9.23. The molecule has 0 saturated heterocycles. The maximum Gasteiger partial charge on any atom is 0.472 e. The lowest BCUT2D eigenvalue weighted by atomic mass is 10.0. The maximum atomic E-state index is 13.6. The molecule has 1 amide bonds. The quantitative estimate of drug-likeness (QED) is 0.0205. The summed E-state index contributed by atoms with van der Waals surface area (Å²) in [7, 11) is 1.45. The molecule has 0 rings (SSSR count). The third-order valence-corrected chi connectivity index (χ3v) is 14.4. The summed E-state index contributed by atoms with van der Waals surface area (Å²) in [6.07, 6.45) is 78.0. The highest BCUT2D eigenvalue weighted by atomic mass is 31.2. The Bertz CT molecular complexity index is 1700. The van der Waals surface area contributed by atoms with Gasteiger partial charge in [-0.05, 0) is 122 Å². The lowest BCUT2D eigenvalue weighted by Crippen LogP contribution is -2.47. The molecule has 3 unspecified atom stereocenters. The molecule has 2 N–H and O–H groups in total. The van der Waals surface area contributed by atoms with Crippen LogP contribution in [0, 0.1) is 0 Å². The van der Waals surface area contributed by atoms with E-state index in [1.165, 1.54) is 103 Å². The first kappa shape index (κ1) is 74.7. The number of hydrogen-bond donors (Lipinski definition) is 2. The number of unbranched alkanes of at least 4 members (excludes halogenated alkanes) is 24. The van der Waals surface area contributed by atoms with Gasteiger partial charge in [-0.25, -0.2) is 4.57 Å². The summed E-state index contributed by atoms with van der Waals surface area (Å²) in [5.74, 6) is -0.567. The third-order valence-electron chi connectivity index (χ3n) is 13.4. The summed E-state index contributed by atoms with van der Waals surface area (Å²) >= 11 is 0. The molecule has 10 heteroatoms. The van der Waals surface area contributed by atoms with Crippen molar-refractivity contribution in [3.63, 3.8) is 0 Å². The molecule has 0 aliphatic carbocycles. The number of carbonyl (C=O) groups excluding carboxylic acids is 2. The van der Waals surface area contributed by atoms with Crippen LogP contribution < -0.4 is 5.32 Å². The molecule has 0 heterocycles. The molecule has 3 atom stereocenters. The van der Waals surface area contributed by atoms with E-state index in [-0.39, 0.29) is 31.5 Å². The number of amides is 1. The van der Waals surface area contributed by atoms with E-state index in [2.05, 4.69) is 123 Å². The predicted octanol–water partition coefficient (Wildman–Crippen LogP) is 19.7. The molecule has 0 fully saturated rings. The maximum absolute atomic E-state index is 13.6. The lowest BCUT2D eigenvalue weighted by molar-refractivity contribution is -0.870. The number of phosphoric ester groups is 1. The van der Waals surface area contributed by atoms with E-state index < -0.39 is 20.0 Å². The van der Waals surface area contributed by atoms with Gasteiger partial charge < -0.3 is 19.4 Å². The predicted molar refractivity (Wildman–Crippen MR) is 337 cm³/mol. The summed E-state index contributed by atoms with van der Waals surface area (Å²) in [5, 5.41) is 3.04. The zero-order chi connectivity index (χ0) is 57.2. The molecule has 0 bridgehead atoms. The van der Waals surface area contributed by atoms with E-state index in [9.17, 15) is 19.0 Å². The number of likely N-dealkylation sites (N-methyl/N-ethyl adjacent to an activating group) is 1. The van der Waals surface area contributed by atoms with E-state index in [0.29, 0.717) is 23.9 Å². The zero-order valence-electron chi connectivity index (χ0n) is 51.1. The smallest absolute Gasteiger partial charge is 0.456 e. The van der Waals surface area contributed by atoms with Crippen molar-refractivity contribution >= 4 is 19.7 Å². The number of ether oxygens (including phenoxy) is 1. The molecule has 0 radical (unpaired) electrons. The van der Waals surface area contributed by atoms with Crippen molar-refractivity contribution in [2.24, 2.45) is 0 Å². The molecule has 78 heavy (non-hydrogen) atoms. The number of allylic oxidation sites excluding steroid dienone is 17. The molecule has 0 aromatic heterocycles. The molecule has 0 aromatic rings. The minimum absolute atomic E-state index is 0.0253. The third kappa shape index (κ3) is 57.4. The Hall–Kier alpha value is -3.33. The van der Waals surface area contributed by atoms with Gasteiger partial charge in [0.05, 0.1) is 33.8 Å². The van der Waals surface area contributed by atoms with Crippen LogP contribution in [0.25, 0.3) is 0 Å². The molecule has 0 saturated carbocycles. The first-order valence-corrected chi connectivity index (χ1v) is 33.2. The first-order chi connectivity index (χ1) is 37.9. The summed E-state index contributed by atoms with van der Waals surface area (Å²) in [5.41, 5.74) is 0. The van der Waals surface area contributed by atoms with Crippen molar-refractivity contribution in [1.82, 2.24) is 5.32 Å². The summed E-state index contributed by atoms with van der Waals surface area (Å²) < 4.78 is 30.7. The second-order valence-electron chi connectivity index (χ2n) is 22.2. The van der Waals surface area contributed by atoms with Crippen LogP contribution in [-0.2, 0) is 27.9 Å². The van der Waals surface area contributed by atoms with Crippen LogP contribution >= 0.6 is 7.82 Å². The van der Waals surface area contributed by atoms with Gasteiger partial charge in [0, 0.05) is 12.8 Å². The van der Waals surface area contributed by atoms with E-state index in [0.717, 1.165) is 116 Å². The Morgan fingerprint density at radius 3 is 1.21 bits per heavy atom. The number of carbonyl (C=O) groups is 2. The van der Waals surface area contributed by atoms with Crippen LogP contribution in [0.4, 0.5) is 0 Å². The van der Waals surface area contributed by atoms with Crippen molar-refractivity contribution in [1.29, 1.82) is 0 Å². The molecular weight excluding hydrogens is 988 g/mol. The second-order valence-corrected chi connectivity index (χ2v) is 23.7. The van der Waals surface area contributed by atoms with Gasteiger partial charge >= 0.3 is 13.8 Å². The number of phosphoric acid groups is 1. The average Bonchev–Trinajstić information content (AvgIpc) is 3.40. The minimum Gasteiger partial charge on any atom is -0.456 e. The van der Waals surface area contributed by atoms with Crippen molar-refractivity contribution in [2.45, 2.75) is 270 Å². The van der Waals surface area contributed by atoms with E-state index >= 15 is 0 Å². The minimum atomic E-state index is -4.47. The SMILES string of the molecule is CCCCC/C=C\C/C=C\C/C=C\C/C=C\CCCCCCCC(=O)NC(COP(=O)(O)OCC[N+](C)(C)C)C(/C=C/CCCCCCCCCCCC)OC(=O)CCCCC/C=C\C/C=C\C/C=C\C/C=C\CCCCC. The zero-order valence-corrected chi connectivity index (χ0v) is 52.0. The molecule has 9 nitrogen and oxygen atoms in total. The van der Waals surface area contributed by atoms with Crippen LogP contribution in [0.3, 0.4) is 0 Å². The molecular formula is C68H120N2O7P+. The van der Waals surface area contributed by atoms with Gasteiger partial charge in [-0.15, -0.1) is 0 Å². The number of esters is 1. The van der Waals surface area contributed by atoms with Crippen LogP contribution in [0.15, 0.2) is 109 Å². The lowest BCUT2D eigenvalue weighted by Gasteiger charge is -2.27. The van der Waals surface area contributed by atoms with Gasteiger partial charge in [0.15, 0.2) is 0 Å². The number of nitrogens with zero attached hydrogens (tertiary/aromatic N) is 1. The van der Waals surface area contributed by atoms with Gasteiger partial charge in [0.1, 0.15) is 19.3 Å².